The fraction of sp³-hybridized carbons (Fsp3) is 1.00. The Labute approximate surface area is 62.4 Å². The number of nitrogens with zero attached hydrogens (tertiary/aromatic N) is 1. The first-order chi connectivity index (χ1) is 4.54. The van der Waals surface area contributed by atoms with E-state index < -0.39 is 10.2 Å². The molecule has 10 heavy (non-hydrogen) atoms. The van der Waals surface area contributed by atoms with Crippen LogP contribution in [0.2, 0.25) is 0 Å². The van der Waals surface area contributed by atoms with Crippen molar-refractivity contribution in [3.63, 3.8) is 0 Å². The predicted octanol–water partition coefficient (Wildman–Crippen LogP) is -0.208. The molecule has 0 aliphatic heterocycles. The van der Waals surface area contributed by atoms with Crippen LogP contribution in [-0.2, 0) is 10.2 Å². The van der Waals surface area contributed by atoms with Gasteiger partial charge in [-0.05, 0) is 0 Å². The molecule has 0 aliphatic carbocycles. The van der Waals surface area contributed by atoms with Gasteiger partial charge in [0.15, 0.2) is 0 Å². The van der Waals surface area contributed by atoms with Crippen molar-refractivity contribution in [3.8, 4) is 0 Å². The minimum atomic E-state index is -3.18. The Balaban J connectivity index is 4.12. The van der Waals surface area contributed by atoms with Crippen molar-refractivity contribution in [2.75, 3.05) is 20.1 Å². The van der Waals surface area contributed by atoms with Crippen molar-refractivity contribution >= 4 is 10.2 Å². The summed E-state index contributed by atoms with van der Waals surface area (Å²) < 4.78 is 25.6. The molecule has 0 fully saturated rings. The van der Waals surface area contributed by atoms with Gasteiger partial charge >= 0.3 is 0 Å². The van der Waals surface area contributed by atoms with Crippen LogP contribution in [0.5, 0.6) is 0 Å². The Morgan fingerprint density at radius 2 is 1.90 bits per heavy atom. The van der Waals surface area contributed by atoms with Gasteiger partial charge in [0.25, 0.3) is 10.2 Å². The molecule has 0 heterocycles. The zero-order valence-corrected chi connectivity index (χ0v) is 7.40. The van der Waals surface area contributed by atoms with E-state index in [4.69, 9.17) is 0 Å². The molecule has 0 atom stereocenters. The Bertz CT molecular complexity index is 176. The van der Waals surface area contributed by atoms with Gasteiger partial charge in [-0.1, -0.05) is 13.8 Å². The zero-order valence-electron chi connectivity index (χ0n) is 6.59. The summed E-state index contributed by atoms with van der Waals surface area (Å²) in [5, 5.41) is 0. The highest BCUT2D eigenvalue weighted by Crippen LogP contribution is 1.90. The highest BCUT2D eigenvalue weighted by Gasteiger charge is 2.12. The molecule has 0 aliphatic rings. The quantitative estimate of drug-likeness (QED) is 0.628. The largest absolute Gasteiger partial charge is 0.279 e. The third-order valence-electron chi connectivity index (χ3n) is 1.18. The van der Waals surface area contributed by atoms with Gasteiger partial charge < -0.3 is 0 Å². The third kappa shape index (κ3) is 2.64. The minimum absolute atomic E-state index is 0.437. The van der Waals surface area contributed by atoms with Gasteiger partial charge in [-0.25, -0.2) is 4.72 Å². The summed E-state index contributed by atoms with van der Waals surface area (Å²) in [7, 11) is -1.64. The molecular weight excluding hydrogens is 152 g/mol. The third-order valence-corrected chi connectivity index (χ3v) is 2.91. The molecule has 1 N–H and O–H groups in total. The second kappa shape index (κ2) is 3.90. The van der Waals surface area contributed by atoms with E-state index in [0.717, 1.165) is 0 Å². The topological polar surface area (TPSA) is 49.4 Å². The molecule has 5 heteroatoms. The summed E-state index contributed by atoms with van der Waals surface area (Å²) in [6.45, 7) is 4.47. The molecule has 0 unspecified atom stereocenters. The Morgan fingerprint density at radius 1 is 1.40 bits per heavy atom. The van der Waals surface area contributed by atoms with E-state index in [1.54, 1.807) is 13.8 Å². The van der Waals surface area contributed by atoms with Crippen LogP contribution >= 0.6 is 0 Å². The van der Waals surface area contributed by atoms with Gasteiger partial charge in [-0.15, -0.1) is 0 Å². The summed E-state index contributed by atoms with van der Waals surface area (Å²) in [5.74, 6) is 0. The molecule has 0 aromatic carbocycles. The molecule has 0 rings (SSSR count). The molecule has 0 radical (unpaired) electrons. The average Bonchev–Trinajstić information content (AvgIpc) is 1.86. The van der Waals surface area contributed by atoms with Crippen molar-refractivity contribution in [1.82, 2.24) is 9.03 Å². The normalized spacial score (nSPS) is 12.4. The number of hydrogen-bond acceptors (Lipinski definition) is 2. The van der Waals surface area contributed by atoms with Gasteiger partial charge in [0.2, 0.25) is 0 Å². The van der Waals surface area contributed by atoms with Crippen LogP contribution in [0, 0.1) is 0 Å². The summed E-state index contributed by atoms with van der Waals surface area (Å²) in [6, 6.07) is 0. The van der Waals surface area contributed by atoms with Crippen LogP contribution in [0.25, 0.3) is 0 Å². The SMILES string of the molecule is CCNS(=O)(=O)N(C)CC. The van der Waals surface area contributed by atoms with Gasteiger partial charge in [0.05, 0.1) is 0 Å². The first-order valence-corrected chi connectivity index (χ1v) is 4.69. The molecule has 4 nitrogen and oxygen atoms in total. The fourth-order valence-electron chi connectivity index (χ4n) is 0.463. The van der Waals surface area contributed by atoms with Gasteiger partial charge in [-0.3, -0.25) is 0 Å². The van der Waals surface area contributed by atoms with Crippen LogP contribution in [0.15, 0.2) is 0 Å². The van der Waals surface area contributed by atoms with Gasteiger partial charge in [0.1, 0.15) is 0 Å². The van der Waals surface area contributed by atoms with E-state index in [9.17, 15) is 8.42 Å². The molecule has 0 saturated heterocycles. The maximum atomic E-state index is 11.0. The lowest BCUT2D eigenvalue weighted by Crippen LogP contribution is -2.37. The fourth-order valence-corrected chi connectivity index (χ4v) is 1.39. The van der Waals surface area contributed by atoms with E-state index in [2.05, 4.69) is 4.72 Å². The lowest BCUT2D eigenvalue weighted by Gasteiger charge is -2.13. The molecule has 0 spiro atoms. The summed E-state index contributed by atoms with van der Waals surface area (Å²) in [6.07, 6.45) is 0. The Morgan fingerprint density at radius 3 is 2.20 bits per heavy atom. The molecule has 0 bridgehead atoms. The van der Waals surface area contributed by atoms with E-state index in [1.165, 1.54) is 11.4 Å². The molecule has 0 amide bonds. The summed E-state index contributed by atoms with van der Waals surface area (Å²) in [5.41, 5.74) is 0. The Hall–Kier alpha value is -0.130. The number of rotatable bonds is 4. The molecule has 0 aromatic heterocycles. The lowest BCUT2D eigenvalue weighted by atomic mass is 10.8. The highest BCUT2D eigenvalue weighted by molar-refractivity contribution is 7.87. The van der Waals surface area contributed by atoms with Crippen LogP contribution < -0.4 is 4.72 Å². The first kappa shape index (κ1) is 9.87. The molecule has 0 saturated carbocycles. The van der Waals surface area contributed by atoms with Crippen molar-refractivity contribution in [2.24, 2.45) is 0 Å². The second-order valence-electron chi connectivity index (χ2n) is 1.92. The van der Waals surface area contributed by atoms with E-state index in [0.29, 0.717) is 13.1 Å². The van der Waals surface area contributed by atoms with Crippen molar-refractivity contribution < 1.29 is 8.42 Å². The standard InChI is InChI=1S/C5H14N2O2S/c1-4-6-10(8,9)7(3)5-2/h6H,4-5H2,1-3H3. The van der Waals surface area contributed by atoms with E-state index in [1.807, 2.05) is 0 Å². The zero-order chi connectivity index (χ0) is 8.20. The number of hydrogen-bond donors (Lipinski definition) is 1. The molecule has 0 aromatic rings. The summed E-state index contributed by atoms with van der Waals surface area (Å²) >= 11 is 0. The first-order valence-electron chi connectivity index (χ1n) is 3.25. The van der Waals surface area contributed by atoms with Crippen LogP contribution in [0.1, 0.15) is 13.8 Å². The minimum Gasteiger partial charge on any atom is -0.202 e. The van der Waals surface area contributed by atoms with Crippen molar-refractivity contribution in [2.45, 2.75) is 13.8 Å². The number of nitrogens with one attached hydrogen (secondary N) is 1. The van der Waals surface area contributed by atoms with Crippen molar-refractivity contribution in [1.29, 1.82) is 0 Å². The van der Waals surface area contributed by atoms with Crippen LogP contribution in [-0.4, -0.2) is 32.9 Å². The monoisotopic (exact) mass is 166 g/mol. The second-order valence-corrected chi connectivity index (χ2v) is 3.78. The van der Waals surface area contributed by atoms with Crippen LogP contribution in [0.3, 0.4) is 0 Å². The van der Waals surface area contributed by atoms with Crippen LogP contribution in [0.4, 0.5) is 0 Å². The maximum absolute atomic E-state index is 11.0. The molecule has 62 valence electrons. The summed E-state index contributed by atoms with van der Waals surface area (Å²) in [4.78, 5) is 0. The lowest BCUT2D eigenvalue weighted by molar-refractivity contribution is 0.475. The van der Waals surface area contributed by atoms with E-state index in [-0.39, 0.29) is 0 Å². The maximum Gasteiger partial charge on any atom is 0.279 e. The van der Waals surface area contributed by atoms with Gasteiger partial charge in [0, 0.05) is 20.1 Å². The molecular formula is C5H14N2O2S. The van der Waals surface area contributed by atoms with Crippen molar-refractivity contribution in [3.05, 3.63) is 0 Å². The average molecular weight is 166 g/mol. The van der Waals surface area contributed by atoms with E-state index >= 15 is 0 Å². The predicted molar refractivity (Wildman–Crippen MR) is 40.9 cm³/mol. The Kier molecular flexibility index (Phi) is 3.85. The van der Waals surface area contributed by atoms with Gasteiger partial charge in [-0.2, -0.15) is 12.7 Å². The smallest absolute Gasteiger partial charge is 0.202 e. The highest BCUT2D eigenvalue weighted by atomic mass is 32.2.